The molecule has 0 spiro atoms. The summed E-state index contributed by atoms with van der Waals surface area (Å²) >= 11 is 4.45. The van der Waals surface area contributed by atoms with Crippen molar-refractivity contribution in [3.8, 4) is 11.8 Å². The van der Waals surface area contributed by atoms with Crippen molar-refractivity contribution in [3.63, 3.8) is 0 Å². The molecule has 0 radical (unpaired) electrons. The molecule has 0 fully saturated rings. The summed E-state index contributed by atoms with van der Waals surface area (Å²) in [6.45, 7) is 4.91. The predicted molar refractivity (Wildman–Crippen MR) is 96.8 cm³/mol. The summed E-state index contributed by atoms with van der Waals surface area (Å²) in [5.74, 6) is 0.439. The maximum Gasteiger partial charge on any atom is 0.226 e. The minimum Gasteiger partial charge on any atom is -0.354 e. The molecule has 0 bridgehead atoms. The molecule has 122 valence electrons. The number of nitriles is 1. The maximum atomic E-state index is 9.40. The van der Waals surface area contributed by atoms with Gasteiger partial charge in [-0.25, -0.2) is 4.98 Å². The fourth-order valence-electron chi connectivity index (χ4n) is 2.41. The number of thiol groups is 1. The van der Waals surface area contributed by atoms with Crippen molar-refractivity contribution in [1.82, 2.24) is 19.5 Å². The highest BCUT2D eigenvalue weighted by atomic mass is 32.1. The quantitative estimate of drug-likeness (QED) is 0.550. The average Bonchev–Trinajstić information content (AvgIpc) is 2.91. The second-order valence-corrected chi connectivity index (χ2v) is 5.94. The van der Waals surface area contributed by atoms with E-state index in [1.54, 1.807) is 0 Å². The monoisotopic (exact) mass is 338 g/mol. The molecule has 0 aliphatic carbocycles. The van der Waals surface area contributed by atoms with Crippen LogP contribution in [0.15, 0.2) is 29.4 Å². The van der Waals surface area contributed by atoms with Gasteiger partial charge in [-0.05, 0) is 25.5 Å². The number of aromatic nitrogens is 4. The second kappa shape index (κ2) is 6.89. The summed E-state index contributed by atoms with van der Waals surface area (Å²) < 4.78 is 1.82. The van der Waals surface area contributed by atoms with Gasteiger partial charge in [0.25, 0.3) is 0 Å². The van der Waals surface area contributed by atoms with Gasteiger partial charge in [0.2, 0.25) is 5.95 Å². The topological polar surface area (TPSA) is 79.4 Å². The van der Waals surface area contributed by atoms with Gasteiger partial charge in [-0.15, -0.1) is 12.6 Å². The van der Waals surface area contributed by atoms with E-state index in [9.17, 15) is 5.26 Å². The maximum absolute atomic E-state index is 9.40. The van der Waals surface area contributed by atoms with Crippen LogP contribution in [0.5, 0.6) is 0 Å². The second-order valence-electron chi connectivity index (χ2n) is 5.54. The van der Waals surface area contributed by atoms with E-state index in [2.05, 4.69) is 45.9 Å². The van der Waals surface area contributed by atoms with Crippen molar-refractivity contribution in [1.29, 1.82) is 5.26 Å². The number of rotatable bonds is 5. The first-order valence-electron chi connectivity index (χ1n) is 7.84. The first-order valence-corrected chi connectivity index (χ1v) is 8.29. The molecule has 1 N–H and O–H groups in total. The Morgan fingerprint density at radius 3 is 2.62 bits per heavy atom. The predicted octanol–water partition coefficient (Wildman–Crippen LogP) is 3.50. The van der Waals surface area contributed by atoms with Crippen LogP contribution in [0, 0.1) is 18.3 Å². The Morgan fingerprint density at radius 1 is 1.21 bits per heavy atom. The molecule has 0 saturated heterocycles. The third kappa shape index (κ3) is 3.05. The summed E-state index contributed by atoms with van der Waals surface area (Å²) in [4.78, 5) is 13.2. The van der Waals surface area contributed by atoms with E-state index in [1.165, 1.54) is 0 Å². The van der Waals surface area contributed by atoms with Gasteiger partial charge < -0.3 is 5.32 Å². The summed E-state index contributed by atoms with van der Waals surface area (Å²) in [5.41, 5.74) is 3.35. The van der Waals surface area contributed by atoms with Crippen LogP contribution in [0.1, 0.15) is 31.0 Å². The summed E-state index contributed by atoms with van der Waals surface area (Å²) in [6.07, 6.45) is 2.08. The van der Waals surface area contributed by atoms with Crippen molar-refractivity contribution in [3.05, 3.63) is 35.5 Å². The molecule has 0 saturated carbocycles. The van der Waals surface area contributed by atoms with Gasteiger partial charge in [0.1, 0.15) is 11.6 Å². The van der Waals surface area contributed by atoms with E-state index in [1.807, 2.05) is 35.8 Å². The molecule has 7 heteroatoms. The lowest BCUT2D eigenvalue weighted by molar-refractivity contribution is 0.826. The number of imidazole rings is 1. The molecule has 1 aromatic carbocycles. The van der Waals surface area contributed by atoms with Gasteiger partial charge in [0.05, 0.1) is 0 Å². The Morgan fingerprint density at radius 2 is 1.96 bits per heavy atom. The lowest BCUT2D eigenvalue weighted by Crippen LogP contribution is -2.07. The number of hydrogen-bond acceptors (Lipinski definition) is 6. The van der Waals surface area contributed by atoms with Crippen LogP contribution in [0.2, 0.25) is 0 Å². The number of nitrogens with one attached hydrogen (secondary N) is 1. The van der Waals surface area contributed by atoms with Gasteiger partial charge in [-0.3, -0.25) is 4.57 Å². The largest absolute Gasteiger partial charge is 0.354 e. The first-order chi connectivity index (χ1) is 11.6. The number of hydrogen-bond donors (Lipinski definition) is 2. The van der Waals surface area contributed by atoms with Gasteiger partial charge >= 0.3 is 0 Å². The average molecular weight is 338 g/mol. The normalized spacial score (nSPS) is 10.8. The van der Waals surface area contributed by atoms with E-state index >= 15 is 0 Å². The van der Waals surface area contributed by atoms with E-state index in [0.717, 1.165) is 30.6 Å². The van der Waals surface area contributed by atoms with Gasteiger partial charge in [-0.1, -0.05) is 31.0 Å². The molecule has 3 aromatic rings. The van der Waals surface area contributed by atoms with E-state index in [-0.39, 0.29) is 5.69 Å². The van der Waals surface area contributed by atoms with Crippen LogP contribution in [-0.2, 0) is 0 Å². The molecule has 3 rings (SSSR count). The summed E-state index contributed by atoms with van der Waals surface area (Å²) in [6, 6.07) is 10.1. The number of unbranched alkanes of at least 4 members (excludes halogenated alkanes) is 1. The Labute approximate surface area is 146 Å². The Hall–Kier alpha value is -2.59. The highest BCUT2D eigenvalue weighted by Gasteiger charge is 2.17. The molecule has 0 atom stereocenters. The third-order valence-corrected chi connectivity index (χ3v) is 4.00. The molecule has 0 aliphatic heterocycles. The van der Waals surface area contributed by atoms with Crippen LogP contribution in [0.4, 0.5) is 5.95 Å². The molecule has 24 heavy (non-hydrogen) atoms. The van der Waals surface area contributed by atoms with Gasteiger partial charge in [0.15, 0.2) is 16.5 Å². The minimum atomic E-state index is 0.250. The standard InChI is InChI=1S/C17H18N6S/c1-3-4-9-19-16-20-13(10-18)14-15(22-16)23(17(24)21-14)12-7-5-11(2)6-8-12/h5-8H,3-4,9H2,1-2H3,(H,21,24)(H,19,20,22). The van der Waals surface area contributed by atoms with Crippen LogP contribution < -0.4 is 5.32 Å². The van der Waals surface area contributed by atoms with Crippen molar-refractivity contribution >= 4 is 29.7 Å². The molecule has 6 nitrogen and oxygen atoms in total. The zero-order valence-corrected chi connectivity index (χ0v) is 14.5. The number of aryl methyl sites for hydroxylation is 1. The smallest absolute Gasteiger partial charge is 0.226 e. The van der Waals surface area contributed by atoms with Crippen molar-refractivity contribution in [2.45, 2.75) is 31.8 Å². The number of nitrogens with zero attached hydrogens (tertiary/aromatic N) is 5. The van der Waals surface area contributed by atoms with Crippen molar-refractivity contribution in [2.75, 3.05) is 11.9 Å². The highest BCUT2D eigenvalue weighted by molar-refractivity contribution is 7.80. The number of fused-ring (bicyclic) bond motifs is 1. The first kappa shape index (κ1) is 16.3. The zero-order valence-electron chi connectivity index (χ0n) is 13.6. The van der Waals surface area contributed by atoms with Crippen LogP contribution in [0.25, 0.3) is 16.9 Å². The van der Waals surface area contributed by atoms with Crippen molar-refractivity contribution < 1.29 is 0 Å². The number of benzene rings is 1. The molecule has 0 unspecified atom stereocenters. The Kier molecular flexibility index (Phi) is 4.67. The fourth-order valence-corrected chi connectivity index (χ4v) is 2.72. The zero-order chi connectivity index (χ0) is 17.1. The summed E-state index contributed by atoms with van der Waals surface area (Å²) in [5, 5.41) is 13.0. The van der Waals surface area contributed by atoms with Crippen LogP contribution >= 0.6 is 12.6 Å². The minimum absolute atomic E-state index is 0.250. The molecule has 0 amide bonds. The Balaban J connectivity index is 2.15. The molecule has 2 heterocycles. The summed E-state index contributed by atoms with van der Waals surface area (Å²) in [7, 11) is 0. The lowest BCUT2D eigenvalue weighted by atomic mass is 10.2. The molecular formula is C17H18N6S. The van der Waals surface area contributed by atoms with Gasteiger partial charge in [-0.2, -0.15) is 15.2 Å². The fraction of sp³-hybridized carbons (Fsp3) is 0.294. The highest BCUT2D eigenvalue weighted by Crippen LogP contribution is 2.25. The van der Waals surface area contributed by atoms with E-state index in [0.29, 0.717) is 22.3 Å². The van der Waals surface area contributed by atoms with E-state index in [4.69, 9.17) is 0 Å². The van der Waals surface area contributed by atoms with Gasteiger partial charge in [0, 0.05) is 12.2 Å². The SMILES string of the molecule is CCCCNc1nc(C#N)c2nc(S)n(-c3ccc(C)cc3)c2n1. The Bertz CT molecular complexity index is 907. The van der Waals surface area contributed by atoms with Crippen molar-refractivity contribution in [2.24, 2.45) is 0 Å². The molecule has 2 aromatic heterocycles. The van der Waals surface area contributed by atoms with E-state index < -0.39 is 0 Å². The molecular weight excluding hydrogens is 320 g/mol. The molecule has 0 aliphatic rings. The number of anilines is 1. The van der Waals surface area contributed by atoms with Crippen LogP contribution in [0.3, 0.4) is 0 Å². The van der Waals surface area contributed by atoms with Crippen LogP contribution in [-0.4, -0.2) is 26.1 Å². The lowest BCUT2D eigenvalue weighted by Gasteiger charge is -2.08. The third-order valence-electron chi connectivity index (χ3n) is 3.70.